The summed E-state index contributed by atoms with van der Waals surface area (Å²) < 4.78 is 6.05. The van der Waals surface area contributed by atoms with E-state index >= 15 is 0 Å². The zero-order valence-corrected chi connectivity index (χ0v) is 20.1. The lowest BCUT2D eigenvalue weighted by atomic mass is 10.1. The standard InChI is InChI=1S/C28H41N3O/c1-3-5-7-8-9-10-11-12-13-15-23-17-18-24(30-23)21-27-28(32-20-6-4-2)22-26(31-27)25-16-14-19-29-25/h14,16-19,21-22,29-30H,3-13,15,20H2,1-2H3/b27-21-. The van der Waals surface area contributed by atoms with Crippen LogP contribution in [0.3, 0.4) is 0 Å². The molecule has 0 aromatic carbocycles. The highest BCUT2D eigenvalue weighted by Gasteiger charge is 2.18. The molecule has 1 aliphatic rings. The van der Waals surface area contributed by atoms with E-state index < -0.39 is 0 Å². The van der Waals surface area contributed by atoms with Crippen molar-refractivity contribution in [3.8, 4) is 0 Å². The molecule has 3 heterocycles. The van der Waals surface area contributed by atoms with Crippen LogP contribution in [0.5, 0.6) is 0 Å². The first-order valence-electron chi connectivity index (χ1n) is 12.8. The number of aromatic nitrogens is 2. The zero-order chi connectivity index (χ0) is 22.4. The molecule has 0 radical (unpaired) electrons. The molecule has 0 saturated heterocycles. The second-order valence-electron chi connectivity index (χ2n) is 8.84. The van der Waals surface area contributed by atoms with Crippen LogP contribution >= 0.6 is 0 Å². The summed E-state index contributed by atoms with van der Waals surface area (Å²) in [6, 6.07) is 8.40. The van der Waals surface area contributed by atoms with Gasteiger partial charge in [0.25, 0.3) is 0 Å². The molecule has 3 rings (SSSR count). The Morgan fingerprint density at radius 1 is 0.875 bits per heavy atom. The van der Waals surface area contributed by atoms with Crippen molar-refractivity contribution in [2.24, 2.45) is 4.99 Å². The third-order valence-electron chi connectivity index (χ3n) is 6.00. The maximum absolute atomic E-state index is 6.05. The van der Waals surface area contributed by atoms with E-state index in [0.717, 1.165) is 54.4 Å². The number of hydrogen-bond donors (Lipinski definition) is 2. The van der Waals surface area contributed by atoms with Gasteiger partial charge in [-0.1, -0.05) is 71.6 Å². The second kappa shape index (κ2) is 13.8. The lowest BCUT2D eigenvalue weighted by Gasteiger charge is -2.06. The molecule has 4 heteroatoms. The Hall–Kier alpha value is -2.49. The molecule has 2 aromatic rings. The molecule has 0 fully saturated rings. The van der Waals surface area contributed by atoms with Crippen LogP contribution in [0.4, 0.5) is 0 Å². The number of rotatable bonds is 16. The van der Waals surface area contributed by atoms with Gasteiger partial charge in [0.15, 0.2) is 0 Å². The number of aromatic amines is 2. The molecule has 0 spiro atoms. The molecule has 0 aliphatic carbocycles. The number of aliphatic imine (C=N–C) groups is 1. The van der Waals surface area contributed by atoms with E-state index in [1.165, 1.54) is 63.5 Å². The minimum Gasteiger partial charge on any atom is -0.491 e. The van der Waals surface area contributed by atoms with Crippen molar-refractivity contribution < 1.29 is 4.74 Å². The van der Waals surface area contributed by atoms with Gasteiger partial charge >= 0.3 is 0 Å². The summed E-state index contributed by atoms with van der Waals surface area (Å²) in [5.74, 6) is 0.859. The number of H-pyrrole nitrogens is 2. The van der Waals surface area contributed by atoms with Crippen molar-refractivity contribution >= 4 is 11.8 Å². The lowest BCUT2D eigenvalue weighted by molar-refractivity contribution is 0.216. The first kappa shape index (κ1) is 24.2. The summed E-state index contributed by atoms with van der Waals surface area (Å²) in [6.07, 6.45) is 21.6. The summed E-state index contributed by atoms with van der Waals surface area (Å²) in [5, 5.41) is 0. The van der Waals surface area contributed by atoms with Crippen molar-refractivity contribution in [1.82, 2.24) is 9.97 Å². The molecule has 32 heavy (non-hydrogen) atoms. The number of nitrogens with one attached hydrogen (secondary N) is 2. The molecule has 2 aromatic heterocycles. The average Bonchev–Trinajstić information content (AvgIpc) is 3.55. The maximum atomic E-state index is 6.05. The number of nitrogens with zero attached hydrogens (tertiary/aromatic N) is 1. The van der Waals surface area contributed by atoms with E-state index in [0.29, 0.717) is 0 Å². The highest BCUT2D eigenvalue weighted by Crippen LogP contribution is 2.25. The largest absolute Gasteiger partial charge is 0.491 e. The molecule has 0 unspecified atom stereocenters. The van der Waals surface area contributed by atoms with Gasteiger partial charge in [0.05, 0.1) is 18.0 Å². The number of aryl methyl sites for hydroxylation is 1. The fraction of sp³-hybridized carbons (Fsp3) is 0.536. The highest BCUT2D eigenvalue weighted by molar-refractivity contribution is 6.11. The van der Waals surface area contributed by atoms with Crippen LogP contribution in [0.25, 0.3) is 6.08 Å². The molecule has 174 valence electrons. The molecular formula is C28H41N3O. The van der Waals surface area contributed by atoms with E-state index in [1.54, 1.807) is 0 Å². The quantitative estimate of drug-likeness (QED) is 0.258. The normalized spacial score (nSPS) is 14.8. The molecular weight excluding hydrogens is 394 g/mol. The van der Waals surface area contributed by atoms with Gasteiger partial charge in [-0.15, -0.1) is 0 Å². The average molecular weight is 436 g/mol. The van der Waals surface area contributed by atoms with Crippen LogP contribution in [0.15, 0.2) is 53.0 Å². The Kier molecular flexibility index (Phi) is 10.4. The summed E-state index contributed by atoms with van der Waals surface area (Å²) in [7, 11) is 0. The van der Waals surface area contributed by atoms with Crippen molar-refractivity contribution in [3.63, 3.8) is 0 Å². The minimum absolute atomic E-state index is 0.724. The van der Waals surface area contributed by atoms with Crippen molar-refractivity contribution in [3.05, 3.63) is 65.1 Å². The van der Waals surface area contributed by atoms with Gasteiger partial charge < -0.3 is 14.7 Å². The van der Waals surface area contributed by atoms with Gasteiger partial charge in [-0.3, -0.25) is 0 Å². The smallest absolute Gasteiger partial charge is 0.147 e. The lowest BCUT2D eigenvalue weighted by Crippen LogP contribution is -1.96. The fourth-order valence-electron chi connectivity index (χ4n) is 4.05. The topological polar surface area (TPSA) is 53.2 Å². The van der Waals surface area contributed by atoms with Gasteiger partial charge in [0.2, 0.25) is 0 Å². The van der Waals surface area contributed by atoms with E-state index in [4.69, 9.17) is 9.73 Å². The molecule has 2 N–H and O–H groups in total. The van der Waals surface area contributed by atoms with Gasteiger partial charge in [-0.05, 0) is 49.6 Å². The molecule has 0 atom stereocenters. The third-order valence-corrected chi connectivity index (χ3v) is 6.00. The summed E-state index contributed by atoms with van der Waals surface area (Å²) in [5.41, 5.74) is 5.23. The Balaban J connectivity index is 1.49. The van der Waals surface area contributed by atoms with Gasteiger partial charge in [-0.2, -0.15) is 0 Å². The Morgan fingerprint density at radius 3 is 2.34 bits per heavy atom. The molecule has 0 saturated carbocycles. The van der Waals surface area contributed by atoms with Crippen LogP contribution in [0.1, 0.15) is 102 Å². The molecule has 1 aliphatic heterocycles. The fourth-order valence-corrected chi connectivity index (χ4v) is 4.05. The van der Waals surface area contributed by atoms with Crippen molar-refractivity contribution in [1.29, 1.82) is 0 Å². The van der Waals surface area contributed by atoms with E-state index in [1.807, 2.05) is 24.4 Å². The van der Waals surface area contributed by atoms with Gasteiger partial charge in [-0.25, -0.2) is 4.99 Å². The van der Waals surface area contributed by atoms with Gasteiger partial charge in [0.1, 0.15) is 11.5 Å². The van der Waals surface area contributed by atoms with Crippen molar-refractivity contribution in [2.45, 2.75) is 90.9 Å². The number of ether oxygens (including phenoxy) is 1. The van der Waals surface area contributed by atoms with Crippen LogP contribution in [-0.4, -0.2) is 22.3 Å². The maximum Gasteiger partial charge on any atom is 0.147 e. The molecule has 0 bridgehead atoms. The van der Waals surface area contributed by atoms with E-state index in [2.05, 4.69) is 42.0 Å². The monoisotopic (exact) mass is 435 g/mol. The molecule has 4 nitrogen and oxygen atoms in total. The second-order valence-corrected chi connectivity index (χ2v) is 8.84. The summed E-state index contributed by atoms with van der Waals surface area (Å²) in [4.78, 5) is 11.6. The predicted octanol–water partition coefficient (Wildman–Crippen LogP) is 7.96. The zero-order valence-electron chi connectivity index (χ0n) is 20.1. The van der Waals surface area contributed by atoms with E-state index in [-0.39, 0.29) is 0 Å². The van der Waals surface area contributed by atoms with Crippen LogP contribution in [-0.2, 0) is 11.2 Å². The van der Waals surface area contributed by atoms with Gasteiger partial charge in [0, 0.05) is 23.7 Å². The highest BCUT2D eigenvalue weighted by atomic mass is 16.5. The first-order chi connectivity index (χ1) is 15.8. The summed E-state index contributed by atoms with van der Waals surface area (Å²) >= 11 is 0. The van der Waals surface area contributed by atoms with E-state index in [9.17, 15) is 0 Å². The third kappa shape index (κ3) is 7.89. The number of allylic oxidation sites excluding steroid dienone is 1. The first-order valence-corrected chi connectivity index (χ1v) is 12.8. The Bertz CT molecular complexity index is 870. The Labute approximate surface area is 194 Å². The van der Waals surface area contributed by atoms with Crippen LogP contribution in [0, 0.1) is 0 Å². The predicted molar refractivity (Wildman–Crippen MR) is 136 cm³/mol. The summed E-state index contributed by atoms with van der Waals surface area (Å²) in [6.45, 7) is 5.18. The SMILES string of the molecule is CCCCCCCCCCCc1ccc(/C=C2\N=C(c3ccc[nH]3)C=C2OCCCC)[nH]1. The minimum atomic E-state index is 0.724. The number of hydrogen-bond acceptors (Lipinski definition) is 2. The molecule has 0 amide bonds. The Morgan fingerprint density at radius 2 is 1.62 bits per heavy atom. The number of unbranched alkanes of at least 4 members (excludes halogenated alkanes) is 9. The van der Waals surface area contributed by atoms with Crippen LogP contribution in [0.2, 0.25) is 0 Å². The van der Waals surface area contributed by atoms with Crippen LogP contribution < -0.4 is 0 Å². The van der Waals surface area contributed by atoms with Crippen molar-refractivity contribution in [2.75, 3.05) is 6.61 Å².